The predicted molar refractivity (Wildman–Crippen MR) is 98.6 cm³/mol. The first-order valence-corrected chi connectivity index (χ1v) is 9.61. The highest BCUT2D eigenvalue weighted by molar-refractivity contribution is 5.95. The van der Waals surface area contributed by atoms with Gasteiger partial charge in [-0.05, 0) is 44.4 Å². The van der Waals surface area contributed by atoms with Crippen LogP contribution in [0.2, 0.25) is 0 Å². The molecule has 2 aliphatic rings. The summed E-state index contributed by atoms with van der Waals surface area (Å²) in [5, 5.41) is 0. The molecular weight excluding hydrogens is 332 g/mol. The number of ether oxygens (including phenoxy) is 2. The summed E-state index contributed by atoms with van der Waals surface area (Å²) in [5.41, 5.74) is 0.597. The maximum absolute atomic E-state index is 12.8. The third-order valence-electron chi connectivity index (χ3n) is 4.76. The molecule has 0 N–H and O–H groups in total. The molecule has 3 rings (SSSR count). The first-order valence-electron chi connectivity index (χ1n) is 9.61. The van der Waals surface area contributed by atoms with Crippen LogP contribution in [0.3, 0.4) is 0 Å². The summed E-state index contributed by atoms with van der Waals surface area (Å²) in [5.74, 6) is 1.75. The molecule has 0 atom stereocenters. The smallest absolute Gasteiger partial charge is 0.254 e. The number of benzene rings is 1. The number of amides is 2. The Hall–Kier alpha value is -2.24. The van der Waals surface area contributed by atoms with Crippen molar-refractivity contribution < 1.29 is 19.1 Å². The van der Waals surface area contributed by atoms with Gasteiger partial charge in [-0.2, -0.15) is 0 Å². The zero-order chi connectivity index (χ0) is 18.5. The fourth-order valence-electron chi connectivity index (χ4n) is 3.14. The van der Waals surface area contributed by atoms with Gasteiger partial charge >= 0.3 is 0 Å². The molecule has 0 spiro atoms. The van der Waals surface area contributed by atoms with E-state index in [1.165, 1.54) is 0 Å². The number of nitrogens with zero attached hydrogens (tertiary/aromatic N) is 2. The van der Waals surface area contributed by atoms with Gasteiger partial charge in [-0.25, -0.2) is 0 Å². The molecule has 1 aromatic rings. The first-order chi connectivity index (χ1) is 12.6. The molecule has 0 bridgehead atoms. The molecule has 6 heteroatoms. The molecule has 1 saturated carbocycles. The zero-order valence-corrected chi connectivity index (χ0v) is 15.7. The van der Waals surface area contributed by atoms with Crippen LogP contribution in [0.25, 0.3) is 0 Å². The van der Waals surface area contributed by atoms with Crippen LogP contribution in [0.4, 0.5) is 0 Å². The monoisotopic (exact) mass is 360 g/mol. The van der Waals surface area contributed by atoms with Crippen molar-refractivity contribution in [3.8, 4) is 11.5 Å². The minimum atomic E-state index is -0.0217. The molecule has 26 heavy (non-hydrogen) atoms. The third-order valence-corrected chi connectivity index (χ3v) is 4.76. The Morgan fingerprint density at radius 1 is 1.00 bits per heavy atom. The topological polar surface area (TPSA) is 59.1 Å². The van der Waals surface area contributed by atoms with Crippen LogP contribution in [0, 0.1) is 5.92 Å². The average Bonchev–Trinajstić information content (AvgIpc) is 3.51. The van der Waals surface area contributed by atoms with Crippen LogP contribution in [0.15, 0.2) is 18.2 Å². The van der Waals surface area contributed by atoms with Crippen LogP contribution in [-0.2, 0) is 4.79 Å². The van der Waals surface area contributed by atoms with E-state index in [0.717, 1.165) is 19.3 Å². The molecule has 6 nitrogen and oxygen atoms in total. The van der Waals surface area contributed by atoms with E-state index < -0.39 is 0 Å². The number of hydrogen-bond acceptors (Lipinski definition) is 4. The SMILES string of the molecule is CCCOc1ccc(C(=O)N2CCN(C(=O)C3CC3)CC2)cc1OCC. The summed E-state index contributed by atoms with van der Waals surface area (Å²) >= 11 is 0. The van der Waals surface area contributed by atoms with E-state index in [1.807, 2.05) is 23.6 Å². The zero-order valence-electron chi connectivity index (χ0n) is 15.7. The Labute approximate surface area is 155 Å². The Kier molecular flexibility index (Phi) is 6.01. The van der Waals surface area contributed by atoms with Crippen LogP contribution < -0.4 is 9.47 Å². The van der Waals surface area contributed by atoms with Gasteiger partial charge < -0.3 is 19.3 Å². The van der Waals surface area contributed by atoms with Crippen molar-refractivity contribution in [2.45, 2.75) is 33.1 Å². The predicted octanol–water partition coefficient (Wildman–Crippen LogP) is 2.57. The number of piperazine rings is 1. The summed E-state index contributed by atoms with van der Waals surface area (Å²) in [6.07, 6.45) is 2.95. The van der Waals surface area contributed by atoms with Crippen molar-refractivity contribution in [1.82, 2.24) is 9.80 Å². The minimum Gasteiger partial charge on any atom is -0.490 e. The van der Waals surface area contributed by atoms with E-state index in [0.29, 0.717) is 56.5 Å². The van der Waals surface area contributed by atoms with Gasteiger partial charge in [-0.3, -0.25) is 9.59 Å². The maximum atomic E-state index is 12.8. The van der Waals surface area contributed by atoms with Gasteiger partial charge in [-0.1, -0.05) is 6.92 Å². The van der Waals surface area contributed by atoms with Crippen molar-refractivity contribution in [3.63, 3.8) is 0 Å². The Morgan fingerprint density at radius 2 is 1.69 bits per heavy atom. The standard InChI is InChI=1S/C20H28N2O4/c1-3-13-26-17-8-7-16(14-18(17)25-4-2)20(24)22-11-9-21(10-12-22)19(23)15-5-6-15/h7-8,14-15H,3-6,9-13H2,1-2H3. The van der Waals surface area contributed by atoms with Gasteiger partial charge in [0.2, 0.25) is 5.91 Å². The molecule has 2 fully saturated rings. The van der Waals surface area contributed by atoms with E-state index in [-0.39, 0.29) is 17.7 Å². The molecule has 1 aliphatic carbocycles. The van der Waals surface area contributed by atoms with Gasteiger partial charge in [0.15, 0.2) is 11.5 Å². The summed E-state index contributed by atoms with van der Waals surface area (Å²) in [6, 6.07) is 5.36. The van der Waals surface area contributed by atoms with Gasteiger partial charge in [0, 0.05) is 37.7 Å². The normalized spacial score (nSPS) is 17.2. The summed E-state index contributed by atoms with van der Waals surface area (Å²) in [7, 11) is 0. The van der Waals surface area contributed by atoms with Crippen molar-refractivity contribution in [3.05, 3.63) is 23.8 Å². The largest absolute Gasteiger partial charge is 0.490 e. The van der Waals surface area contributed by atoms with Crippen LogP contribution >= 0.6 is 0 Å². The lowest BCUT2D eigenvalue weighted by Gasteiger charge is -2.35. The molecule has 142 valence electrons. The fraction of sp³-hybridized carbons (Fsp3) is 0.600. The van der Waals surface area contributed by atoms with Crippen LogP contribution in [-0.4, -0.2) is 61.0 Å². The van der Waals surface area contributed by atoms with Crippen molar-refractivity contribution in [2.75, 3.05) is 39.4 Å². The molecule has 1 heterocycles. The molecule has 0 aromatic heterocycles. The Bertz CT molecular complexity index is 649. The average molecular weight is 360 g/mol. The highest BCUT2D eigenvalue weighted by atomic mass is 16.5. The van der Waals surface area contributed by atoms with Gasteiger partial charge in [0.25, 0.3) is 5.91 Å². The highest BCUT2D eigenvalue weighted by Crippen LogP contribution is 2.32. The van der Waals surface area contributed by atoms with E-state index >= 15 is 0 Å². The number of hydrogen-bond donors (Lipinski definition) is 0. The molecular formula is C20H28N2O4. The third kappa shape index (κ3) is 4.29. The molecule has 0 unspecified atom stereocenters. The summed E-state index contributed by atoms with van der Waals surface area (Å²) < 4.78 is 11.3. The lowest BCUT2D eigenvalue weighted by atomic mass is 10.1. The van der Waals surface area contributed by atoms with Crippen LogP contribution in [0.1, 0.15) is 43.5 Å². The quantitative estimate of drug-likeness (QED) is 0.750. The van der Waals surface area contributed by atoms with E-state index in [4.69, 9.17) is 9.47 Å². The first kappa shape index (κ1) is 18.5. The molecule has 1 saturated heterocycles. The second-order valence-corrected chi connectivity index (χ2v) is 6.83. The van der Waals surface area contributed by atoms with Gasteiger partial charge in [-0.15, -0.1) is 0 Å². The summed E-state index contributed by atoms with van der Waals surface area (Å²) in [6.45, 7) is 7.49. The van der Waals surface area contributed by atoms with E-state index in [9.17, 15) is 9.59 Å². The Balaban J connectivity index is 1.63. The van der Waals surface area contributed by atoms with Crippen molar-refractivity contribution in [1.29, 1.82) is 0 Å². The molecule has 2 amide bonds. The summed E-state index contributed by atoms with van der Waals surface area (Å²) in [4.78, 5) is 28.7. The maximum Gasteiger partial charge on any atom is 0.254 e. The second kappa shape index (κ2) is 8.43. The van der Waals surface area contributed by atoms with Crippen LogP contribution in [0.5, 0.6) is 11.5 Å². The Morgan fingerprint density at radius 3 is 2.31 bits per heavy atom. The second-order valence-electron chi connectivity index (χ2n) is 6.83. The molecule has 0 radical (unpaired) electrons. The molecule has 1 aromatic carbocycles. The number of rotatable bonds is 7. The van der Waals surface area contributed by atoms with Crippen molar-refractivity contribution in [2.24, 2.45) is 5.92 Å². The highest BCUT2D eigenvalue weighted by Gasteiger charge is 2.35. The van der Waals surface area contributed by atoms with Crippen molar-refractivity contribution >= 4 is 11.8 Å². The van der Waals surface area contributed by atoms with E-state index in [1.54, 1.807) is 18.2 Å². The van der Waals surface area contributed by atoms with Gasteiger partial charge in [0.05, 0.1) is 13.2 Å². The lowest BCUT2D eigenvalue weighted by Crippen LogP contribution is -2.51. The number of carbonyl (C=O) groups excluding carboxylic acids is 2. The van der Waals surface area contributed by atoms with Gasteiger partial charge in [0.1, 0.15) is 0 Å². The lowest BCUT2D eigenvalue weighted by molar-refractivity contribution is -0.134. The number of carbonyl (C=O) groups is 2. The van der Waals surface area contributed by atoms with E-state index in [2.05, 4.69) is 0 Å². The molecule has 1 aliphatic heterocycles. The fourth-order valence-corrected chi connectivity index (χ4v) is 3.14. The minimum absolute atomic E-state index is 0.0217.